The van der Waals surface area contributed by atoms with Gasteiger partial charge in [0.2, 0.25) is 5.70 Å². The number of thiocarbonyl (C=S) groups is 1. The number of hydrogen-bond donors (Lipinski definition) is 1. The third-order valence-corrected chi connectivity index (χ3v) is 5.31. The molecule has 0 saturated heterocycles. The molecule has 0 spiro atoms. The number of pyridine rings is 1. The molecule has 0 atom stereocenters. The molecule has 0 aliphatic rings. The predicted molar refractivity (Wildman–Crippen MR) is 126 cm³/mol. The van der Waals surface area contributed by atoms with Gasteiger partial charge < -0.3 is 15.0 Å². The molecule has 0 unspecified atom stereocenters. The predicted octanol–water partition coefficient (Wildman–Crippen LogP) is 4.32. The van der Waals surface area contributed by atoms with Gasteiger partial charge in [-0.1, -0.05) is 30.4 Å². The summed E-state index contributed by atoms with van der Waals surface area (Å²) in [5.74, 6) is -0.114. The van der Waals surface area contributed by atoms with Gasteiger partial charge in [-0.2, -0.15) is 4.57 Å². The second-order valence-electron chi connectivity index (χ2n) is 7.48. The Morgan fingerprint density at radius 1 is 1.07 bits per heavy atom. The van der Waals surface area contributed by atoms with Crippen LogP contribution in [0.2, 0.25) is 0 Å². The molecule has 0 aliphatic heterocycles. The van der Waals surface area contributed by atoms with Crippen molar-refractivity contribution in [3.05, 3.63) is 95.6 Å². The van der Waals surface area contributed by atoms with Crippen LogP contribution in [0.5, 0.6) is 0 Å². The van der Waals surface area contributed by atoms with Crippen molar-refractivity contribution in [3.8, 4) is 0 Å². The van der Waals surface area contributed by atoms with Gasteiger partial charge in [-0.25, -0.2) is 0 Å². The van der Waals surface area contributed by atoms with Crippen LogP contribution in [-0.4, -0.2) is 9.56 Å². The third kappa shape index (κ3) is 4.52. The zero-order valence-electron chi connectivity index (χ0n) is 17.9. The molecule has 5 heteroatoms. The van der Waals surface area contributed by atoms with Crippen LogP contribution in [0, 0.1) is 27.7 Å². The Morgan fingerprint density at radius 3 is 2.30 bits per heavy atom. The lowest BCUT2D eigenvalue weighted by Gasteiger charge is -2.17. The summed E-state index contributed by atoms with van der Waals surface area (Å²) in [6, 6.07) is 13.7. The van der Waals surface area contributed by atoms with Gasteiger partial charge in [0.05, 0.1) is 0 Å². The highest BCUT2D eigenvalue weighted by molar-refractivity contribution is 7.81. The van der Waals surface area contributed by atoms with Gasteiger partial charge >= 0.3 is 0 Å². The minimum Gasteiger partial charge on any atom is -0.867 e. The topological polar surface area (TPSA) is 43.9 Å². The first-order valence-electron chi connectivity index (χ1n) is 9.87. The molecule has 1 aromatic carbocycles. The summed E-state index contributed by atoms with van der Waals surface area (Å²) in [7, 11) is 0. The van der Waals surface area contributed by atoms with E-state index in [1.54, 1.807) is 4.57 Å². The lowest BCUT2D eigenvalue weighted by molar-refractivity contribution is -0.577. The van der Waals surface area contributed by atoms with Crippen molar-refractivity contribution in [2.24, 2.45) is 0 Å². The maximum absolute atomic E-state index is 13.7. The van der Waals surface area contributed by atoms with E-state index in [1.807, 2.05) is 82.6 Å². The number of rotatable bonds is 6. The van der Waals surface area contributed by atoms with Crippen molar-refractivity contribution in [1.82, 2.24) is 4.57 Å². The number of aromatic nitrogens is 2. The Labute approximate surface area is 183 Å². The molecule has 0 fully saturated rings. The van der Waals surface area contributed by atoms with Crippen LogP contribution in [0.25, 0.3) is 11.5 Å². The lowest BCUT2D eigenvalue weighted by atomic mass is 10.1. The van der Waals surface area contributed by atoms with Gasteiger partial charge in [0.1, 0.15) is 0 Å². The van der Waals surface area contributed by atoms with E-state index in [9.17, 15) is 5.11 Å². The monoisotopic (exact) mass is 417 g/mol. The van der Waals surface area contributed by atoms with Gasteiger partial charge in [0.15, 0.2) is 17.4 Å². The zero-order valence-corrected chi connectivity index (χ0v) is 18.7. The van der Waals surface area contributed by atoms with E-state index in [0.29, 0.717) is 22.8 Å². The first kappa shape index (κ1) is 21.5. The van der Waals surface area contributed by atoms with Crippen LogP contribution < -0.4 is 15.0 Å². The Bertz CT molecular complexity index is 1110. The summed E-state index contributed by atoms with van der Waals surface area (Å²) in [6.45, 7) is 12.5. The highest BCUT2D eigenvalue weighted by Crippen LogP contribution is 2.24. The fourth-order valence-corrected chi connectivity index (χ4v) is 4.01. The van der Waals surface area contributed by atoms with Crippen LogP contribution in [-0.2, 0) is 6.54 Å². The summed E-state index contributed by atoms with van der Waals surface area (Å²) in [5, 5.41) is 16.9. The van der Waals surface area contributed by atoms with Crippen LogP contribution in [0.3, 0.4) is 0 Å². The molecule has 30 heavy (non-hydrogen) atoms. The first-order chi connectivity index (χ1) is 14.3. The molecule has 1 N–H and O–H groups in total. The van der Waals surface area contributed by atoms with Crippen LogP contribution >= 0.6 is 12.2 Å². The summed E-state index contributed by atoms with van der Waals surface area (Å²) >= 11 is 5.72. The third-order valence-electron chi connectivity index (χ3n) is 5.01. The van der Waals surface area contributed by atoms with Crippen LogP contribution in [0.1, 0.15) is 28.1 Å². The summed E-state index contributed by atoms with van der Waals surface area (Å²) in [4.78, 5) is 0.384. The number of anilines is 1. The molecule has 0 amide bonds. The Hall–Kier alpha value is -3.18. The second kappa shape index (κ2) is 9.09. The van der Waals surface area contributed by atoms with E-state index in [2.05, 4.69) is 22.5 Å². The van der Waals surface area contributed by atoms with Crippen molar-refractivity contribution in [3.63, 3.8) is 0 Å². The fourth-order valence-electron chi connectivity index (χ4n) is 3.69. The Balaban J connectivity index is 2.12. The second-order valence-corrected chi connectivity index (χ2v) is 7.88. The average molecular weight is 418 g/mol. The number of nitrogens with one attached hydrogen (secondary N) is 1. The molecule has 0 saturated carbocycles. The normalized spacial score (nSPS) is 11.7. The fraction of sp³-hybridized carbons (Fsp3) is 0.200. The molecule has 3 rings (SSSR count). The van der Waals surface area contributed by atoms with Crippen LogP contribution in [0.15, 0.2) is 67.5 Å². The largest absolute Gasteiger partial charge is 0.867 e. The average Bonchev–Trinajstić information content (AvgIpc) is 2.97. The quantitative estimate of drug-likeness (QED) is 0.214. The van der Waals surface area contributed by atoms with Crippen molar-refractivity contribution in [2.75, 3.05) is 5.32 Å². The minimum atomic E-state index is -0.114. The van der Waals surface area contributed by atoms with Crippen molar-refractivity contribution >= 4 is 34.3 Å². The van der Waals surface area contributed by atoms with Crippen molar-refractivity contribution < 1.29 is 9.67 Å². The van der Waals surface area contributed by atoms with E-state index in [0.717, 1.165) is 28.2 Å². The number of allylic oxidation sites excluding steroid dienone is 1. The number of aryl methyl sites for hydroxylation is 3. The standard InChI is InChI=1S/C25H27N3OS/c1-6-10-28-19(4)16-22(20(28)5)24(29)23(27-11-8-7-9-12-27)25(30)26-21-14-17(2)13-18(3)15-21/h6-9,11-16H,1,10H2,2-5H3,(H-,26,29,30). The molecule has 0 radical (unpaired) electrons. The number of benzene rings is 1. The Morgan fingerprint density at radius 2 is 1.70 bits per heavy atom. The molecule has 154 valence electrons. The van der Waals surface area contributed by atoms with Gasteiger partial charge in [-0.3, -0.25) is 0 Å². The highest BCUT2D eigenvalue weighted by Gasteiger charge is 2.21. The number of hydrogen-bond acceptors (Lipinski definition) is 2. The maximum Gasteiger partial charge on any atom is 0.238 e. The smallest absolute Gasteiger partial charge is 0.238 e. The van der Waals surface area contributed by atoms with E-state index in [-0.39, 0.29) is 5.76 Å². The molecule has 0 aliphatic carbocycles. The highest BCUT2D eigenvalue weighted by atomic mass is 32.1. The van der Waals surface area contributed by atoms with E-state index in [4.69, 9.17) is 12.2 Å². The van der Waals surface area contributed by atoms with E-state index in [1.165, 1.54) is 0 Å². The molecule has 2 heterocycles. The van der Waals surface area contributed by atoms with E-state index < -0.39 is 0 Å². The molecule has 0 bridgehead atoms. The van der Waals surface area contributed by atoms with Gasteiger partial charge in [0.25, 0.3) is 0 Å². The molecule has 4 nitrogen and oxygen atoms in total. The number of nitrogens with zero attached hydrogens (tertiary/aromatic N) is 2. The van der Waals surface area contributed by atoms with Gasteiger partial charge in [0, 0.05) is 35.8 Å². The summed E-state index contributed by atoms with van der Waals surface area (Å²) < 4.78 is 3.86. The maximum atomic E-state index is 13.7. The van der Waals surface area contributed by atoms with Gasteiger partial charge in [-0.15, -0.1) is 6.58 Å². The Kier molecular flexibility index (Phi) is 6.53. The molecule has 2 aromatic heterocycles. The lowest BCUT2D eigenvalue weighted by Crippen LogP contribution is -2.39. The summed E-state index contributed by atoms with van der Waals surface area (Å²) in [6.07, 6.45) is 5.51. The van der Waals surface area contributed by atoms with Crippen molar-refractivity contribution in [1.29, 1.82) is 0 Å². The van der Waals surface area contributed by atoms with Crippen molar-refractivity contribution in [2.45, 2.75) is 34.2 Å². The SMILES string of the molecule is C=CCn1c(C)cc(/C([O-])=C(\C(=S)Nc2cc(C)cc(C)c2)[n+]2ccccc2)c1C. The first-order valence-corrected chi connectivity index (χ1v) is 10.3. The van der Waals surface area contributed by atoms with E-state index >= 15 is 0 Å². The zero-order chi connectivity index (χ0) is 21.8. The van der Waals surface area contributed by atoms with Crippen LogP contribution in [0.4, 0.5) is 5.69 Å². The molecule has 3 aromatic rings. The summed E-state index contributed by atoms with van der Waals surface area (Å²) in [5.41, 5.74) is 6.12. The van der Waals surface area contributed by atoms with Gasteiger partial charge in [-0.05, 0) is 68.3 Å². The molecular formula is C25H27N3OS. The molecular weight excluding hydrogens is 390 g/mol. The minimum absolute atomic E-state index is 0.114.